The minimum absolute atomic E-state index is 0.176. The fourth-order valence-electron chi connectivity index (χ4n) is 4.36. The van der Waals surface area contributed by atoms with E-state index in [1.165, 1.54) is 12.2 Å². The van der Waals surface area contributed by atoms with Crippen LogP contribution in [-0.2, 0) is 28.5 Å². The highest BCUT2D eigenvalue weighted by molar-refractivity contribution is 5.87. The van der Waals surface area contributed by atoms with Crippen LogP contribution in [0.5, 0.6) is 11.5 Å². The summed E-state index contributed by atoms with van der Waals surface area (Å²) in [6, 6.07) is 15.0. The smallest absolute Gasteiger partial charge is 0.331 e. The van der Waals surface area contributed by atoms with Crippen molar-refractivity contribution < 1.29 is 38.0 Å². The molecule has 0 amide bonds. The minimum Gasteiger partial charge on any atom is -0.494 e. The predicted octanol–water partition coefficient (Wildman–Crippen LogP) is 5.39. The van der Waals surface area contributed by atoms with Gasteiger partial charge in [0.1, 0.15) is 23.7 Å². The van der Waals surface area contributed by atoms with E-state index in [1.54, 1.807) is 12.2 Å². The Morgan fingerprint density at radius 2 is 1.10 bits per heavy atom. The van der Waals surface area contributed by atoms with Crippen LogP contribution in [0.25, 0.3) is 12.2 Å². The van der Waals surface area contributed by atoms with Crippen molar-refractivity contribution in [2.24, 2.45) is 0 Å². The van der Waals surface area contributed by atoms with Crippen molar-refractivity contribution in [1.82, 2.24) is 0 Å². The van der Waals surface area contributed by atoms with Gasteiger partial charge in [0.05, 0.1) is 26.4 Å². The van der Waals surface area contributed by atoms with Crippen LogP contribution in [-0.4, -0.2) is 62.8 Å². The Morgan fingerprint density at radius 1 is 0.700 bits per heavy atom. The molecule has 1 unspecified atom stereocenters. The van der Waals surface area contributed by atoms with Gasteiger partial charge in [-0.1, -0.05) is 51.0 Å². The number of unbranched alkanes of at least 4 members (excludes halogenated alkanes) is 2. The molecule has 2 aliphatic heterocycles. The molecule has 4 atom stereocenters. The molecule has 0 N–H and O–H groups in total. The lowest BCUT2D eigenvalue weighted by atomic mass is 10.1. The number of hydrogen-bond donors (Lipinski definition) is 0. The molecule has 0 saturated carbocycles. The topological polar surface area (TPSA) is 89.5 Å². The number of esters is 2. The third-order valence-electron chi connectivity index (χ3n) is 6.61. The van der Waals surface area contributed by atoms with E-state index in [1.807, 2.05) is 48.5 Å². The van der Waals surface area contributed by atoms with E-state index in [0.29, 0.717) is 13.2 Å². The maximum Gasteiger partial charge on any atom is 0.331 e. The Kier molecular flexibility index (Phi) is 11.2. The van der Waals surface area contributed by atoms with Crippen molar-refractivity contribution in [2.45, 2.75) is 63.9 Å². The molecule has 0 aromatic heterocycles. The van der Waals surface area contributed by atoms with Crippen molar-refractivity contribution in [3.8, 4) is 11.5 Å². The van der Waals surface area contributed by atoms with Crippen molar-refractivity contribution in [2.75, 3.05) is 26.4 Å². The summed E-state index contributed by atoms with van der Waals surface area (Å²) >= 11 is 0. The third kappa shape index (κ3) is 8.69. The second-order valence-corrected chi connectivity index (χ2v) is 9.76. The summed E-state index contributed by atoms with van der Waals surface area (Å²) in [5, 5.41) is 0. The first-order chi connectivity index (χ1) is 19.6. The van der Waals surface area contributed by atoms with E-state index < -0.39 is 36.4 Å². The van der Waals surface area contributed by atoms with Gasteiger partial charge in [0.2, 0.25) is 0 Å². The molecule has 0 aliphatic carbocycles. The molecule has 8 nitrogen and oxygen atoms in total. The average Bonchev–Trinajstić information content (AvgIpc) is 3.55. The molecule has 40 heavy (non-hydrogen) atoms. The highest BCUT2D eigenvalue weighted by atomic mass is 16.7. The van der Waals surface area contributed by atoms with Crippen LogP contribution in [0.4, 0.5) is 0 Å². The maximum absolute atomic E-state index is 12.4. The molecule has 2 aromatic rings. The molecule has 0 spiro atoms. The Hall–Kier alpha value is -3.62. The number of fused-ring (bicyclic) bond motifs is 1. The van der Waals surface area contributed by atoms with Gasteiger partial charge >= 0.3 is 11.9 Å². The monoisotopic (exact) mass is 550 g/mol. The summed E-state index contributed by atoms with van der Waals surface area (Å²) in [7, 11) is 0. The van der Waals surface area contributed by atoms with Gasteiger partial charge in [0, 0.05) is 12.2 Å². The first kappa shape index (κ1) is 29.4. The third-order valence-corrected chi connectivity index (χ3v) is 6.61. The van der Waals surface area contributed by atoms with Crippen molar-refractivity contribution >= 4 is 24.1 Å². The standard InChI is InChI=1S/C32H38O8/c1-3-5-19-35-25-13-7-23(8-14-25)11-17-29(33)39-27-21-37-32-28(22-38-31(27)32)40-30(34)18-12-24-9-15-26(16-10-24)36-20-6-4-2/h7-18,27-28,31-32H,3-6,19-22H2,1-2H3/b17-11+,18-12+/t27-,28?,31-,32-/m1/s1. The summed E-state index contributed by atoms with van der Waals surface area (Å²) in [6.45, 7) is 5.96. The average molecular weight is 551 g/mol. The Labute approximate surface area is 235 Å². The predicted molar refractivity (Wildman–Crippen MR) is 151 cm³/mol. The molecule has 2 heterocycles. The Morgan fingerprint density at radius 3 is 1.48 bits per heavy atom. The maximum atomic E-state index is 12.4. The molecular formula is C32H38O8. The molecule has 2 saturated heterocycles. The molecule has 2 aliphatic rings. The summed E-state index contributed by atoms with van der Waals surface area (Å²) in [6.07, 6.45) is 8.18. The van der Waals surface area contributed by atoms with Gasteiger partial charge in [-0.3, -0.25) is 0 Å². The summed E-state index contributed by atoms with van der Waals surface area (Å²) < 4.78 is 34.0. The van der Waals surface area contributed by atoms with Crippen LogP contribution in [0, 0.1) is 0 Å². The number of benzene rings is 2. The van der Waals surface area contributed by atoms with Crippen LogP contribution in [0.3, 0.4) is 0 Å². The van der Waals surface area contributed by atoms with Crippen molar-refractivity contribution in [3.63, 3.8) is 0 Å². The van der Waals surface area contributed by atoms with E-state index in [-0.39, 0.29) is 13.2 Å². The van der Waals surface area contributed by atoms with E-state index in [9.17, 15) is 9.59 Å². The largest absolute Gasteiger partial charge is 0.494 e. The second kappa shape index (κ2) is 15.2. The lowest BCUT2D eigenvalue weighted by Crippen LogP contribution is -2.35. The van der Waals surface area contributed by atoms with Crippen LogP contribution in [0.1, 0.15) is 50.7 Å². The number of carbonyl (C=O) groups is 2. The highest BCUT2D eigenvalue weighted by Crippen LogP contribution is 2.31. The zero-order valence-corrected chi connectivity index (χ0v) is 23.2. The quantitative estimate of drug-likeness (QED) is 0.176. The molecule has 0 bridgehead atoms. The summed E-state index contributed by atoms with van der Waals surface area (Å²) in [5.74, 6) is 0.610. The molecular weight excluding hydrogens is 512 g/mol. The molecule has 8 heteroatoms. The second-order valence-electron chi connectivity index (χ2n) is 9.76. The summed E-state index contributed by atoms with van der Waals surface area (Å²) in [4.78, 5) is 24.8. The molecule has 2 aromatic carbocycles. The van der Waals surface area contributed by atoms with Gasteiger partial charge in [-0.2, -0.15) is 0 Å². The lowest BCUT2D eigenvalue weighted by Gasteiger charge is -2.16. The van der Waals surface area contributed by atoms with E-state index in [0.717, 1.165) is 48.3 Å². The van der Waals surface area contributed by atoms with Crippen LogP contribution in [0.15, 0.2) is 60.7 Å². The number of hydrogen-bond acceptors (Lipinski definition) is 8. The van der Waals surface area contributed by atoms with E-state index in [4.69, 9.17) is 28.4 Å². The molecule has 4 rings (SSSR count). The fraction of sp³-hybridized carbons (Fsp3) is 0.438. The minimum atomic E-state index is -0.575. The van der Waals surface area contributed by atoms with Crippen molar-refractivity contribution in [3.05, 3.63) is 71.8 Å². The molecule has 214 valence electrons. The van der Waals surface area contributed by atoms with Crippen LogP contribution >= 0.6 is 0 Å². The first-order valence-corrected chi connectivity index (χ1v) is 14.0. The van der Waals surface area contributed by atoms with E-state index >= 15 is 0 Å². The SMILES string of the molecule is CCCCOc1ccc(/C=C/C(=O)OC2CO[C@H]3[C@@H]2OC[C@H]3OC(=O)/C=C/c2ccc(OCCCC)cc2)cc1. The van der Waals surface area contributed by atoms with Crippen molar-refractivity contribution in [1.29, 1.82) is 0 Å². The highest BCUT2D eigenvalue weighted by Gasteiger charge is 2.51. The zero-order valence-electron chi connectivity index (χ0n) is 23.2. The lowest BCUT2D eigenvalue weighted by molar-refractivity contribution is -0.149. The Balaban J connectivity index is 1.20. The van der Waals surface area contributed by atoms with Gasteiger partial charge in [-0.15, -0.1) is 0 Å². The fourth-order valence-corrected chi connectivity index (χ4v) is 4.36. The van der Waals surface area contributed by atoms with E-state index in [2.05, 4.69) is 13.8 Å². The number of carbonyl (C=O) groups excluding carboxylic acids is 2. The van der Waals surface area contributed by atoms with Crippen LogP contribution in [0.2, 0.25) is 0 Å². The zero-order chi connectivity index (χ0) is 28.2. The molecule has 0 radical (unpaired) electrons. The van der Waals surface area contributed by atoms with Gasteiger partial charge in [-0.05, 0) is 60.4 Å². The number of rotatable bonds is 14. The van der Waals surface area contributed by atoms with Gasteiger partial charge in [0.25, 0.3) is 0 Å². The van der Waals surface area contributed by atoms with Gasteiger partial charge in [0.15, 0.2) is 12.2 Å². The number of ether oxygens (including phenoxy) is 6. The Bertz CT molecular complexity index is 1050. The summed E-state index contributed by atoms with van der Waals surface area (Å²) in [5.41, 5.74) is 1.71. The van der Waals surface area contributed by atoms with Gasteiger partial charge < -0.3 is 28.4 Å². The van der Waals surface area contributed by atoms with Crippen LogP contribution < -0.4 is 9.47 Å². The normalized spacial score (nSPS) is 21.9. The van der Waals surface area contributed by atoms with Gasteiger partial charge in [-0.25, -0.2) is 9.59 Å². The first-order valence-electron chi connectivity index (χ1n) is 14.0. The molecule has 2 fully saturated rings.